The first-order valence-corrected chi connectivity index (χ1v) is 4.52. The van der Waals surface area contributed by atoms with Gasteiger partial charge < -0.3 is 4.74 Å². The zero-order chi connectivity index (χ0) is 9.68. The van der Waals surface area contributed by atoms with Gasteiger partial charge in [-0.05, 0) is 23.6 Å². The first kappa shape index (κ1) is 10.1. The maximum atomic E-state index is 10.6. The largest absolute Gasteiger partial charge is 0.493 e. The van der Waals surface area contributed by atoms with Gasteiger partial charge in [-0.2, -0.15) is 0 Å². The molecule has 1 aromatic carbocycles. The standard InChI is InChI=1S/C11H15O2/c1-9(2)8-13-11-5-3-4-10(6-11)7-12/h3-6,9H,7-8H2,1-2H3. The molecule has 1 aromatic rings. The van der Waals surface area contributed by atoms with E-state index in [-0.39, 0.29) is 6.61 Å². The molecule has 0 fully saturated rings. The molecule has 0 saturated carbocycles. The van der Waals surface area contributed by atoms with Gasteiger partial charge in [0, 0.05) is 0 Å². The second-order valence-corrected chi connectivity index (χ2v) is 3.50. The predicted molar refractivity (Wildman–Crippen MR) is 51.2 cm³/mol. The van der Waals surface area contributed by atoms with Gasteiger partial charge in [0.2, 0.25) is 0 Å². The molecule has 13 heavy (non-hydrogen) atoms. The Labute approximate surface area is 79.2 Å². The van der Waals surface area contributed by atoms with Crippen LogP contribution in [0.25, 0.3) is 0 Å². The third-order valence-electron chi connectivity index (χ3n) is 1.65. The number of hydrogen-bond donors (Lipinski definition) is 0. The number of rotatable bonds is 4. The summed E-state index contributed by atoms with van der Waals surface area (Å²) in [5.41, 5.74) is 0.779. The summed E-state index contributed by atoms with van der Waals surface area (Å²) in [6.45, 7) is 4.70. The van der Waals surface area contributed by atoms with Crippen LogP contribution in [0.2, 0.25) is 0 Å². The minimum absolute atomic E-state index is 0.182. The van der Waals surface area contributed by atoms with E-state index in [1.807, 2.05) is 18.2 Å². The summed E-state index contributed by atoms with van der Waals surface area (Å²) in [7, 11) is 0. The summed E-state index contributed by atoms with van der Waals surface area (Å²) < 4.78 is 5.47. The van der Waals surface area contributed by atoms with Gasteiger partial charge >= 0.3 is 0 Å². The lowest BCUT2D eigenvalue weighted by atomic mass is 10.2. The van der Waals surface area contributed by atoms with Crippen molar-refractivity contribution in [3.8, 4) is 5.75 Å². The highest BCUT2D eigenvalue weighted by Gasteiger charge is 1.98. The zero-order valence-corrected chi connectivity index (χ0v) is 8.12. The molecular weight excluding hydrogens is 164 g/mol. The SMILES string of the molecule is CC(C)COc1cccc(C[O])c1. The van der Waals surface area contributed by atoms with Crippen LogP contribution in [0.5, 0.6) is 5.75 Å². The van der Waals surface area contributed by atoms with Crippen LogP contribution >= 0.6 is 0 Å². The van der Waals surface area contributed by atoms with E-state index in [0.29, 0.717) is 12.5 Å². The van der Waals surface area contributed by atoms with Gasteiger partial charge in [-0.3, -0.25) is 0 Å². The first-order chi connectivity index (χ1) is 6.22. The van der Waals surface area contributed by atoms with E-state index < -0.39 is 0 Å². The quantitative estimate of drug-likeness (QED) is 0.698. The molecule has 71 valence electrons. The van der Waals surface area contributed by atoms with E-state index in [0.717, 1.165) is 11.3 Å². The smallest absolute Gasteiger partial charge is 0.119 e. The zero-order valence-electron chi connectivity index (χ0n) is 8.12. The molecule has 0 heterocycles. The number of hydrogen-bond acceptors (Lipinski definition) is 1. The highest BCUT2D eigenvalue weighted by atomic mass is 16.5. The fourth-order valence-electron chi connectivity index (χ4n) is 0.988. The van der Waals surface area contributed by atoms with Crippen LogP contribution in [0.4, 0.5) is 0 Å². The molecule has 0 unspecified atom stereocenters. The van der Waals surface area contributed by atoms with Crippen molar-refractivity contribution >= 4 is 0 Å². The summed E-state index contributed by atoms with van der Waals surface area (Å²) in [4.78, 5) is 0. The van der Waals surface area contributed by atoms with Crippen molar-refractivity contribution in [1.82, 2.24) is 0 Å². The number of ether oxygens (including phenoxy) is 1. The molecule has 0 aliphatic heterocycles. The minimum Gasteiger partial charge on any atom is -0.493 e. The minimum atomic E-state index is -0.182. The van der Waals surface area contributed by atoms with Crippen molar-refractivity contribution in [3.05, 3.63) is 29.8 Å². The molecule has 1 rings (SSSR count). The van der Waals surface area contributed by atoms with E-state index in [1.54, 1.807) is 6.07 Å². The van der Waals surface area contributed by atoms with Gasteiger partial charge in [-0.1, -0.05) is 26.0 Å². The molecule has 0 atom stereocenters. The summed E-state index contributed by atoms with van der Waals surface area (Å²) >= 11 is 0. The Morgan fingerprint density at radius 3 is 2.77 bits per heavy atom. The predicted octanol–water partition coefficient (Wildman–Crippen LogP) is 2.65. The van der Waals surface area contributed by atoms with Gasteiger partial charge in [-0.25, -0.2) is 5.11 Å². The molecule has 2 nitrogen and oxygen atoms in total. The molecule has 0 spiro atoms. The lowest BCUT2D eigenvalue weighted by molar-refractivity contribution is 0.177. The third-order valence-corrected chi connectivity index (χ3v) is 1.65. The van der Waals surface area contributed by atoms with Crippen LogP contribution in [0.15, 0.2) is 24.3 Å². The Hall–Kier alpha value is -1.02. The summed E-state index contributed by atoms with van der Waals surface area (Å²) in [6.07, 6.45) is 0. The van der Waals surface area contributed by atoms with E-state index in [4.69, 9.17) is 4.74 Å². The van der Waals surface area contributed by atoms with Gasteiger partial charge in [0.15, 0.2) is 0 Å². The molecule has 0 amide bonds. The topological polar surface area (TPSA) is 29.1 Å². The molecule has 0 aliphatic carbocycles. The highest BCUT2D eigenvalue weighted by Crippen LogP contribution is 2.14. The molecule has 0 bridgehead atoms. The average molecular weight is 179 g/mol. The van der Waals surface area contributed by atoms with Crippen LogP contribution in [0.3, 0.4) is 0 Å². The first-order valence-electron chi connectivity index (χ1n) is 4.52. The maximum absolute atomic E-state index is 10.6. The Morgan fingerprint density at radius 1 is 1.38 bits per heavy atom. The Morgan fingerprint density at radius 2 is 2.15 bits per heavy atom. The fourth-order valence-corrected chi connectivity index (χ4v) is 0.988. The Bertz CT molecular complexity index is 256. The average Bonchev–Trinajstić information content (AvgIpc) is 2.15. The molecular formula is C11H15O2. The van der Waals surface area contributed by atoms with E-state index in [9.17, 15) is 5.11 Å². The van der Waals surface area contributed by atoms with Crippen molar-refractivity contribution in [1.29, 1.82) is 0 Å². The Kier molecular flexibility index (Phi) is 3.77. The molecule has 1 radical (unpaired) electrons. The van der Waals surface area contributed by atoms with Crippen molar-refractivity contribution < 1.29 is 9.84 Å². The van der Waals surface area contributed by atoms with Crippen molar-refractivity contribution in [2.45, 2.75) is 20.5 Å². The highest BCUT2D eigenvalue weighted by molar-refractivity contribution is 5.27. The fraction of sp³-hybridized carbons (Fsp3) is 0.455. The third kappa shape index (κ3) is 3.47. The van der Waals surface area contributed by atoms with Gasteiger partial charge in [0.05, 0.1) is 6.61 Å². The van der Waals surface area contributed by atoms with Crippen LogP contribution in [-0.4, -0.2) is 6.61 Å². The lowest BCUT2D eigenvalue weighted by Crippen LogP contribution is -2.04. The Balaban J connectivity index is 2.56. The summed E-state index contributed by atoms with van der Waals surface area (Å²) in [5, 5.41) is 10.6. The molecule has 0 N–H and O–H groups in total. The van der Waals surface area contributed by atoms with Gasteiger partial charge in [0.1, 0.15) is 12.4 Å². The van der Waals surface area contributed by atoms with Gasteiger partial charge in [-0.15, -0.1) is 0 Å². The van der Waals surface area contributed by atoms with Crippen molar-refractivity contribution in [2.75, 3.05) is 6.61 Å². The van der Waals surface area contributed by atoms with Gasteiger partial charge in [0.25, 0.3) is 0 Å². The molecule has 0 aromatic heterocycles. The van der Waals surface area contributed by atoms with E-state index in [1.165, 1.54) is 0 Å². The second kappa shape index (κ2) is 4.87. The lowest BCUT2D eigenvalue weighted by Gasteiger charge is -2.08. The normalized spacial score (nSPS) is 10.5. The van der Waals surface area contributed by atoms with Crippen LogP contribution in [0, 0.1) is 5.92 Å². The van der Waals surface area contributed by atoms with Crippen molar-refractivity contribution in [3.63, 3.8) is 0 Å². The van der Waals surface area contributed by atoms with E-state index in [2.05, 4.69) is 13.8 Å². The van der Waals surface area contributed by atoms with Crippen molar-refractivity contribution in [2.24, 2.45) is 5.92 Å². The second-order valence-electron chi connectivity index (χ2n) is 3.50. The summed E-state index contributed by atoms with van der Waals surface area (Å²) in [6, 6.07) is 7.34. The summed E-state index contributed by atoms with van der Waals surface area (Å²) in [5.74, 6) is 1.30. The van der Waals surface area contributed by atoms with E-state index >= 15 is 0 Å². The van der Waals surface area contributed by atoms with Crippen LogP contribution < -0.4 is 4.74 Å². The monoisotopic (exact) mass is 179 g/mol. The van der Waals surface area contributed by atoms with Crippen LogP contribution in [-0.2, 0) is 11.7 Å². The molecule has 0 saturated heterocycles. The maximum Gasteiger partial charge on any atom is 0.119 e. The van der Waals surface area contributed by atoms with Crippen LogP contribution in [0.1, 0.15) is 19.4 Å². The number of benzene rings is 1. The molecule has 0 aliphatic rings. The molecule has 2 heteroatoms.